The molecule has 1 aliphatic rings. The molecular formula is C21H23N3O4S. The smallest absolute Gasteiger partial charge is 0.253 e. The van der Waals surface area contributed by atoms with Crippen LogP contribution >= 0.6 is 11.8 Å². The highest BCUT2D eigenvalue weighted by molar-refractivity contribution is 8.00. The van der Waals surface area contributed by atoms with Crippen molar-refractivity contribution in [1.29, 1.82) is 0 Å². The zero-order valence-corrected chi connectivity index (χ0v) is 17.4. The van der Waals surface area contributed by atoms with Crippen LogP contribution in [0.25, 0.3) is 0 Å². The summed E-state index contributed by atoms with van der Waals surface area (Å²) in [5, 5.41) is 2.83. The fraction of sp³-hybridized carbons (Fsp3) is 0.286. The van der Waals surface area contributed by atoms with Crippen LogP contribution in [-0.4, -0.2) is 56.1 Å². The van der Waals surface area contributed by atoms with Gasteiger partial charge in [0.25, 0.3) is 5.91 Å². The number of carbonyl (C=O) groups excluding carboxylic acids is 3. The number of carbonyl (C=O) groups is 3. The number of hydrogen-bond donors (Lipinski definition) is 1. The molecule has 0 aliphatic carbocycles. The summed E-state index contributed by atoms with van der Waals surface area (Å²) in [5.74, 6) is 0.388. The van der Waals surface area contributed by atoms with Crippen LogP contribution in [0.2, 0.25) is 0 Å². The number of fused-ring (bicyclic) bond motifs is 1. The van der Waals surface area contributed by atoms with Gasteiger partial charge in [0.05, 0.1) is 18.6 Å². The third-order valence-electron chi connectivity index (χ3n) is 4.48. The number of thioether (sulfide) groups is 1. The third kappa shape index (κ3) is 4.89. The number of rotatable bonds is 6. The van der Waals surface area contributed by atoms with Crippen molar-refractivity contribution in [2.45, 2.75) is 11.4 Å². The highest BCUT2D eigenvalue weighted by atomic mass is 32.2. The zero-order valence-electron chi connectivity index (χ0n) is 16.6. The molecule has 152 valence electrons. The average molecular weight is 413 g/mol. The molecule has 8 heteroatoms. The van der Waals surface area contributed by atoms with Crippen LogP contribution in [0.4, 0.5) is 5.69 Å². The van der Waals surface area contributed by atoms with Gasteiger partial charge in [-0.05, 0) is 35.9 Å². The Kier molecular flexibility index (Phi) is 6.43. The third-order valence-corrected chi connectivity index (χ3v) is 5.53. The average Bonchev–Trinajstić information content (AvgIpc) is 2.73. The van der Waals surface area contributed by atoms with Crippen molar-refractivity contribution in [2.24, 2.45) is 0 Å². The normalized spacial score (nSPS) is 12.9. The van der Waals surface area contributed by atoms with Crippen LogP contribution in [0, 0.1) is 0 Å². The van der Waals surface area contributed by atoms with Gasteiger partial charge >= 0.3 is 0 Å². The van der Waals surface area contributed by atoms with Crippen molar-refractivity contribution in [2.75, 3.05) is 38.4 Å². The summed E-state index contributed by atoms with van der Waals surface area (Å²) in [6.07, 6.45) is 0. The van der Waals surface area contributed by atoms with Crippen LogP contribution in [0.3, 0.4) is 0 Å². The number of benzene rings is 2. The second-order valence-corrected chi connectivity index (χ2v) is 7.80. The lowest BCUT2D eigenvalue weighted by molar-refractivity contribution is -0.123. The van der Waals surface area contributed by atoms with Crippen LogP contribution in [0.15, 0.2) is 47.4 Å². The van der Waals surface area contributed by atoms with E-state index in [0.717, 1.165) is 10.5 Å². The van der Waals surface area contributed by atoms with Gasteiger partial charge in [0.15, 0.2) is 0 Å². The number of ether oxygens (including phenoxy) is 1. The van der Waals surface area contributed by atoms with E-state index in [0.29, 0.717) is 23.5 Å². The van der Waals surface area contributed by atoms with Crippen molar-refractivity contribution in [1.82, 2.24) is 10.2 Å². The first-order valence-electron chi connectivity index (χ1n) is 9.07. The van der Waals surface area contributed by atoms with E-state index in [1.54, 1.807) is 33.3 Å². The molecule has 1 aliphatic heterocycles. The van der Waals surface area contributed by atoms with Crippen molar-refractivity contribution in [3.63, 3.8) is 0 Å². The minimum absolute atomic E-state index is 0.101. The van der Waals surface area contributed by atoms with Crippen molar-refractivity contribution in [3.8, 4) is 5.75 Å². The molecular weight excluding hydrogens is 390 g/mol. The molecule has 0 aromatic heterocycles. The minimum Gasteiger partial charge on any atom is -0.497 e. The maximum absolute atomic E-state index is 12.5. The Morgan fingerprint density at radius 2 is 2.00 bits per heavy atom. The molecule has 0 radical (unpaired) electrons. The number of methoxy groups -OCH3 is 1. The van der Waals surface area contributed by atoms with E-state index < -0.39 is 0 Å². The first kappa shape index (κ1) is 20.7. The fourth-order valence-corrected chi connectivity index (χ4v) is 3.87. The summed E-state index contributed by atoms with van der Waals surface area (Å²) in [7, 11) is 4.93. The monoisotopic (exact) mass is 413 g/mol. The Bertz CT molecular complexity index is 945. The van der Waals surface area contributed by atoms with Crippen molar-refractivity contribution >= 4 is 35.2 Å². The summed E-state index contributed by atoms with van der Waals surface area (Å²) in [6, 6.07) is 12.7. The number of anilines is 1. The highest BCUT2D eigenvalue weighted by Crippen LogP contribution is 2.36. The van der Waals surface area contributed by atoms with Gasteiger partial charge in [0, 0.05) is 31.1 Å². The summed E-state index contributed by atoms with van der Waals surface area (Å²) in [6.45, 7) is 0.231. The Labute approximate surface area is 174 Å². The number of hydrogen-bond acceptors (Lipinski definition) is 5. The van der Waals surface area contributed by atoms with Crippen LogP contribution in [0.5, 0.6) is 5.75 Å². The van der Waals surface area contributed by atoms with Gasteiger partial charge in [-0.1, -0.05) is 12.1 Å². The van der Waals surface area contributed by atoms with E-state index >= 15 is 0 Å². The van der Waals surface area contributed by atoms with Crippen molar-refractivity contribution in [3.05, 3.63) is 53.6 Å². The second-order valence-electron chi connectivity index (χ2n) is 6.78. The van der Waals surface area contributed by atoms with E-state index in [1.165, 1.54) is 21.6 Å². The molecule has 29 heavy (non-hydrogen) atoms. The van der Waals surface area contributed by atoms with Crippen molar-refractivity contribution < 1.29 is 19.1 Å². The van der Waals surface area contributed by atoms with Gasteiger partial charge in [-0.15, -0.1) is 11.8 Å². The Hall–Kier alpha value is -3.00. The summed E-state index contributed by atoms with van der Waals surface area (Å²) >= 11 is 1.41. The van der Waals surface area contributed by atoms with Gasteiger partial charge in [-0.2, -0.15) is 0 Å². The van der Waals surface area contributed by atoms with E-state index in [9.17, 15) is 14.4 Å². The molecule has 2 aromatic rings. The molecule has 7 nitrogen and oxygen atoms in total. The zero-order chi connectivity index (χ0) is 21.0. The predicted molar refractivity (Wildman–Crippen MR) is 112 cm³/mol. The first-order valence-corrected chi connectivity index (χ1v) is 10.1. The summed E-state index contributed by atoms with van der Waals surface area (Å²) in [5.41, 5.74) is 1.97. The molecule has 0 spiro atoms. The van der Waals surface area contributed by atoms with Gasteiger partial charge < -0.3 is 19.9 Å². The molecule has 3 rings (SSSR count). The molecule has 0 saturated carbocycles. The number of nitrogens with zero attached hydrogens (tertiary/aromatic N) is 2. The highest BCUT2D eigenvalue weighted by Gasteiger charge is 2.27. The lowest BCUT2D eigenvalue weighted by Gasteiger charge is -2.29. The van der Waals surface area contributed by atoms with E-state index in [1.807, 2.05) is 30.3 Å². The lowest BCUT2D eigenvalue weighted by atomic mass is 10.1. The molecule has 2 aromatic carbocycles. The molecule has 0 unspecified atom stereocenters. The molecule has 0 atom stereocenters. The quantitative estimate of drug-likeness (QED) is 0.785. The SMILES string of the molecule is COc1cccc(CNC(=O)CN2C(=O)CSc3ccc(C(=O)N(C)C)cc32)c1. The van der Waals surface area contributed by atoms with Gasteiger partial charge in [-0.3, -0.25) is 14.4 Å². The van der Waals surface area contributed by atoms with Gasteiger partial charge in [0.1, 0.15) is 12.3 Å². The maximum atomic E-state index is 12.5. The molecule has 1 heterocycles. The molecule has 0 fully saturated rings. The van der Waals surface area contributed by atoms with Gasteiger partial charge in [0.2, 0.25) is 11.8 Å². The minimum atomic E-state index is -0.275. The van der Waals surface area contributed by atoms with E-state index in [-0.39, 0.29) is 30.0 Å². The topological polar surface area (TPSA) is 79.0 Å². The summed E-state index contributed by atoms with van der Waals surface area (Å²) in [4.78, 5) is 41.1. The number of amides is 3. The van der Waals surface area contributed by atoms with Crippen LogP contribution in [-0.2, 0) is 16.1 Å². The lowest BCUT2D eigenvalue weighted by Crippen LogP contribution is -2.43. The Morgan fingerprint density at radius 3 is 2.72 bits per heavy atom. The van der Waals surface area contributed by atoms with E-state index in [2.05, 4.69) is 5.32 Å². The fourth-order valence-electron chi connectivity index (χ4n) is 2.95. The maximum Gasteiger partial charge on any atom is 0.253 e. The largest absolute Gasteiger partial charge is 0.497 e. The molecule has 0 saturated heterocycles. The predicted octanol–water partition coefficient (Wildman–Crippen LogP) is 2.15. The first-order chi connectivity index (χ1) is 13.9. The molecule has 3 amide bonds. The Morgan fingerprint density at radius 1 is 1.21 bits per heavy atom. The summed E-state index contributed by atoms with van der Waals surface area (Å²) < 4.78 is 5.18. The number of nitrogens with one attached hydrogen (secondary N) is 1. The van der Waals surface area contributed by atoms with Crippen LogP contribution in [0.1, 0.15) is 15.9 Å². The van der Waals surface area contributed by atoms with E-state index in [4.69, 9.17) is 4.74 Å². The molecule has 0 bridgehead atoms. The van der Waals surface area contributed by atoms with Crippen LogP contribution < -0.4 is 15.0 Å². The Balaban J connectivity index is 1.73. The second kappa shape index (κ2) is 9.00. The molecule has 1 N–H and O–H groups in total. The van der Waals surface area contributed by atoms with Gasteiger partial charge in [-0.25, -0.2) is 0 Å². The standard InChI is InChI=1S/C21H23N3O4S/c1-23(2)21(27)15-7-8-18-17(10-15)24(20(26)13-29-18)12-19(25)22-11-14-5-4-6-16(9-14)28-3/h4-10H,11-13H2,1-3H3,(H,22,25).